The Kier molecular flexibility index (Phi) is 8.60. The van der Waals surface area contributed by atoms with Gasteiger partial charge in [-0.3, -0.25) is 14.2 Å². The highest BCUT2D eigenvalue weighted by molar-refractivity contribution is 8.72. The fourth-order valence-corrected chi connectivity index (χ4v) is 10.8. The van der Waals surface area contributed by atoms with Gasteiger partial charge in [-0.1, -0.05) is 60.5 Å². The number of benzene rings is 3. The SMILES string of the molecule is CCC1CCC2C(C1)c1ccccc1N2c1ccc2c(c1)sc1cc(/C=c3\s/c(=C(\CNC)SS)n(CC(=O)O)c3=O)ccc12. The van der Waals surface area contributed by atoms with Crippen LogP contribution >= 0.6 is 45.1 Å². The number of thiazole rings is 1. The topological polar surface area (TPSA) is 74.6 Å². The first kappa shape index (κ1) is 30.6. The minimum Gasteiger partial charge on any atom is -0.480 e. The lowest BCUT2D eigenvalue weighted by Crippen LogP contribution is -2.35. The minimum atomic E-state index is -1.05. The predicted molar refractivity (Wildman–Crippen MR) is 195 cm³/mol. The number of nitrogens with one attached hydrogen (secondary N) is 1. The lowest BCUT2D eigenvalue weighted by molar-refractivity contribution is -0.137. The van der Waals surface area contributed by atoms with Crippen LogP contribution in [0.3, 0.4) is 0 Å². The first-order valence-electron chi connectivity index (χ1n) is 15.4. The molecule has 10 heteroatoms. The Morgan fingerprint density at radius 3 is 2.62 bits per heavy atom. The molecule has 0 radical (unpaired) electrons. The number of thiol groups is 1. The number of fused-ring (bicyclic) bond motifs is 6. The highest BCUT2D eigenvalue weighted by atomic mass is 33.1. The molecule has 0 saturated heterocycles. The first-order valence-corrected chi connectivity index (χ1v) is 18.9. The smallest absolute Gasteiger partial charge is 0.323 e. The van der Waals surface area contributed by atoms with Gasteiger partial charge in [0, 0.05) is 55.0 Å². The van der Waals surface area contributed by atoms with Crippen LogP contribution in [0.4, 0.5) is 11.4 Å². The molecule has 3 unspecified atom stereocenters. The number of anilines is 2. The van der Waals surface area contributed by atoms with Crippen LogP contribution in [0.1, 0.15) is 49.7 Å². The van der Waals surface area contributed by atoms with Crippen LogP contribution in [0.25, 0.3) is 31.2 Å². The summed E-state index contributed by atoms with van der Waals surface area (Å²) in [6, 6.07) is 22.7. The Balaban J connectivity index is 1.28. The summed E-state index contributed by atoms with van der Waals surface area (Å²) in [6.45, 7) is 2.43. The van der Waals surface area contributed by atoms with Gasteiger partial charge in [-0.05, 0) is 73.7 Å². The quantitative estimate of drug-likeness (QED) is 0.123. The van der Waals surface area contributed by atoms with Crippen molar-refractivity contribution in [2.24, 2.45) is 5.92 Å². The number of hydrogen-bond donors (Lipinski definition) is 3. The Hall–Kier alpha value is -3.02. The molecule has 2 aromatic heterocycles. The molecule has 2 aliphatic rings. The summed E-state index contributed by atoms with van der Waals surface area (Å²) in [7, 11) is 3.04. The molecule has 232 valence electrons. The van der Waals surface area contributed by atoms with Gasteiger partial charge in [-0.2, -0.15) is 0 Å². The number of carbonyl (C=O) groups is 1. The first-order chi connectivity index (χ1) is 21.9. The zero-order valence-electron chi connectivity index (χ0n) is 25.2. The summed E-state index contributed by atoms with van der Waals surface area (Å²) < 4.78 is 4.87. The zero-order chi connectivity index (χ0) is 31.2. The number of carboxylic acids is 1. The summed E-state index contributed by atoms with van der Waals surface area (Å²) in [5, 5.41) is 15.0. The van der Waals surface area contributed by atoms with Gasteiger partial charge in [0.25, 0.3) is 5.56 Å². The van der Waals surface area contributed by atoms with E-state index in [0.717, 1.165) is 21.1 Å². The number of thiophene rings is 1. The number of rotatable bonds is 8. The maximum atomic E-state index is 13.4. The molecule has 45 heavy (non-hydrogen) atoms. The Morgan fingerprint density at radius 2 is 1.87 bits per heavy atom. The van der Waals surface area contributed by atoms with Crippen molar-refractivity contribution in [2.45, 2.75) is 51.1 Å². The number of carboxylic acid groups (broad SMARTS) is 1. The van der Waals surface area contributed by atoms with Crippen molar-refractivity contribution in [3.8, 4) is 0 Å². The van der Waals surface area contributed by atoms with Crippen molar-refractivity contribution in [2.75, 3.05) is 18.5 Å². The minimum absolute atomic E-state index is 0.299. The standard InChI is InChI=1S/C35H35N3O3S4/c1-3-20-9-13-28-26(14-20)23-6-4-5-7-27(23)38(28)22-10-12-25-24-11-8-21(15-29(24)43-30(25)17-22)16-31-34(41)37(19-33(39)40)35(44-31)32(45-42)18-36-2/h4-8,10-12,15-17,20,26,28,36,42H,3,9,13-14,18-19H2,1-2H3,(H,39,40)/b31-16-,35-32+. The molecule has 7 rings (SSSR count). The van der Waals surface area contributed by atoms with E-state index in [1.54, 1.807) is 11.3 Å². The Morgan fingerprint density at radius 1 is 1.09 bits per heavy atom. The molecule has 3 atom stereocenters. The van der Waals surface area contributed by atoms with Gasteiger partial charge < -0.3 is 15.3 Å². The van der Waals surface area contributed by atoms with Gasteiger partial charge in [0.1, 0.15) is 11.2 Å². The Labute approximate surface area is 278 Å². The van der Waals surface area contributed by atoms with Crippen molar-refractivity contribution in [3.63, 3.8) is 0 Å². The van der Waals surface area contributed by atoms with Crippen LogP contribution in [-0.2, 0) is 11.3 Å². The van der Waals surface area contributed by atoms with Crippen molar-refractivity contribution in [1.29, 1.82) is 0 Å². The number of aromatic nitrogens is 1. The number of nitrogens with zero attached hydrogens (tertiary/aromatic N) is 2. The fraction of sp³-hybridized carbons (Fsp3) is 0.314. The maximum absolute atomic E-state index is 13.4. The molecular weight excluding hydrogens is 639 g/mol. The van der Waals surface area contributed by atoms with Crippen molar-refractivity contribution in [1.82, 2.24) is 9.88 Å². The molecule has 2 N–H and O–H groups in total. The zero-order valence-corrected chi connectivity index (χ0v) is 28.5. The second-order valence-electron chi connectivity index (χ2n) is 12.0. The van der Waals surface area contributed by atoms with Crippen molar-refractivity contribution in [3.05, 3.63) is 91.3 Å². The van der Waals surface area contributed by atoms with Crippen LogP contribution < -0.4 is 25.0 Å². The van der Waals surface area contributed by atoms with E-state index in [2.05, 4.69) is 83.4 Å². The van der Waals surface area contributed by atoms with E-state index in [9.17, 15) is 14.7 Å². The molecule has 5 aromatic rings. The van der Waals surface area contributed by atoms with Gasteiger partial charge in [0.2, 0.25) is 0 Å². The summed E-state index contributed by atoms with van der Waals surface area (Å²) in [5.74, 6) is 0.349. The van der Waals surface area contributed by atoms with E-state index in [1.165, 1.54) is 84.8 Å². The molecule has 1 aliphatic heterocycles. The lowest BCUT2D eigenvalue weighted by atomic mass is 9.75. The second kappa shape index (κ2) is 12.6. The third-order valence-corrected chi connectivity index (χ3v) is 13.0. The fourth-order valence-electron chi connectivity index (χ4n) is 7.27. The number of hydrogen-bond acceptors (Lipinski definition) is 8. The van der Waals surface area contributed by atoms with E-state index in [-0.39, 0.29) is 12.1 Å². The van der Waals surface area contributed by atoms with Gasteiger partial charge in [0.15, 0.2) is 0 Å². The van der Waals surface area contributed by atoms with Crippen LogP contribution in [-0.4, -0.2) is 35.3 Å². The molecule has 1 fully saturated rings. The number of aliphatic carboxylic acids is 1. The van der Waals surface area contributed by atoms with E-state index in [4.69, 9.17) is 0 Å². The third kappa shape index (κ3) is 5.54. The highest BCUT2D eigenvalue weighted by Gasteiger charge is 2.42. The van der Waals surface area contributed by atoms with Crippen LogP contribution in [0.5, 0.6) is 0 Å². The normalized spacial score (nSPS) is 20.6. The van der Waals surface area contributed by atoms with Gasteiger partial charge >= 0.3 is 5.97 Å². The lowest BCUT2D eigenvalue weighted by Gasteiger charge is -2.37. The highest BCUT2D eigenvalue weighted by Crippen LogP contribution is 2.53. The largest absolute Gasteiger partial charge is 0.480 e. The summed E-state index contributed by atoms with van der Waals surface area (Å²) >= 11 is 7.45. The third-order valence-electron chi connectivity index (χ3n) is 9.37. The van der Waals surface area contributed by atoms with Gasteiger partial charge in [0.05, 0.1) is 4.53 Å². The summed E-state index contributed by atoms with van der Waals surface area (Å²) in [6.07, 6.45) is 6.92. The summed E-state index contributed by atoms with van der Waals surface area (Å²) in [5.41, 5.74) is 4.74. The van der Waals surface area contributed by atoms with Crippen molar-refractivity contribution >= 4 is 93.6 Å². The van der Waals surface area contributed by atoms with Gasteiger partial charge in [-0.15, -0.1) is 34.3 Å². The molecule has 1 aliphatic carbocycles. The van der Waals surface area contributed by atoms with E-state index < -0.39 is 5.97 Å². The van der Waals surface area contributed by atoms with Crippen molar-refractivity contribution < 1.29 is 9.90 Å². The van der Waals surface area contributed by atoms with Crippen LogP contribution in [0.2, 0.25) is 0 Å². The van der Waals surface area contributed by atoms with E-state index in [1.807, 2.05) is 19.2 Å². The van der Waals surface area contributed by atoms with Crippen LogP contribution in [0, 0.1) is 5.92 Å². The molecular formula is C35H35N3O3S4. The summed E-state index contributed by atoms with van der Waals surface area (Å²) in [4.78, 5) is 28.4. The molecule has 3 aromatic carbocycles. The van der Waals surface area contributed by atoms with E-state index >= 15 is 0 Å². The maximum Gasteiger partial charge on any atom is 0.323 e. The molecule has 6 nitrogen and oxygen atoms in total. The molecule has 0 spiro atoms. The molecule has 0 bridgehead atoms. The van der Waals surface area contributed by atoms with E-state index in [0.29, 0.717) is 27.7 Å². The monoisotopic (exact) mass is 673 g/mol. The molecule has 3 heterocycles. The molecule has 1 saturated carbocycles. The van der Waals surface area contributed by atoms with Crippen LogP contribution in [0.15, 0.2) is 65.5 Å². The Bertz CT molecular complexity index is 2110. The second-order valence-corrected chi connectivity index (χ2v) is 15.3. The number of para-hydroxylation sites is 1. The van der Waals surface area contributed by atoms with Gasteiger partial charge in [-0.25, -0.2) is 0 Å². The predicted octanol–water partition coefficient (Wildman–Crippen LogP) is 6.91. The average molecular weight is 674 g/mol. The average Bonchev–Trinajstić information content (AvgIpc) is 3.68. The molecule has 0 amide bonds.